The van der Waals surface area contributed by atoms with Crippen molar-refractivity contribution in [2.24, 2.45) is 0 Å². The molecule has 0 bridgehead atoms. The molecular formula is C17H29N3O. The van der Waals surface area contributed by atoms with Crippen LogP contribution in [-0.2, 0) is 11.3 Å². The molecule has 0 aromatic carbocycles. The third-order valence-electron chi connectivity index (χ3n) is 4.03. The summed E-state index contributed by atoms with van der Waals surface area (Å²) in [6.07, 6.45) is 5.88. The van der Waals surface area contributed by atoms with Gasteiger partial charge in [-0.15, -0.1) is 0 Å². The van der Waals surface area contributed by atoms with Gasteiger partial charge in [-0.05, 0) is 45.7 Å². The van der Waals surface area contributed by atoms with Gasteiger partial charge in [-0.3, -0.25) is 4.98 Å². The molecular weight excluding hydrogens is 262 g/mol. The summed E-state index contributed by atoms with van der Waals surface area (Å²) in [5, 5.41) is 3.49. The average Bonchev–Trinajstić information content (AvgIpc) is 2.50. The molecule has 0 radical (unpaired) electrons. The van der Waals surface area contributed by atoms with Crippen molar-refractivity contribution in [1.29, 1.82) is 0 Å². The highest BCUT2D eigenvalue weighted by Gasteiger charge is 2.21. The number of aromatic nitrogens is 1. The number of anilines is 1. The first-order chi connectivity index (χ1) is 10.2. The zero-order chi connectivity index (χ0) is 15.1. The molecule has 0 aliphatic carbocycles. The lowest BCUT2D eigenvalue weighted by Crippen LogP contribution is -2.38. The van der Waals surface area contributed by atoms with Crippen LogP contribution in [0.5, 0.6) is 0 Å². The molecule has 1 aliphatic heterocycles. The Bertz CT molecular complexity index is 428. The minimum Gasteiger partial charge on any atom is -0.378 e. The van der Waals surface area contributed by atoms with Gasteiger partial charge in [-0.25, -0.2) is 0 Å². The summed E-state index contributed by atoms with van der Waals surface area (Å²) < 4.78 is 5.75. The Morgan fingerprint density at radius 3 is 2.76 bits per heavy atom. The Kier molecular flexibility index (Phi) is 6.46. The number of ether oxygens (including phenoxy) is 1. The van der Waals surface area contributed by atoms with Gasteiger partial charge < -0.3 is 15.0 Å². The zero-order valence-corrected chi connectivity index (χ0v) is 13.7. The number of hydrogen-bond donors (Lipinski definition) is 1. The summed E-state index contributed by atoms with van der Waals surface area (Å²) in [5.41, 5.74) is 3.75. The lowest BCUT2D eigenvalue weighted by Gasteiger charge is -2.34. The van der Waals surface area contributed by atoms with Crippen LogP contribution < -0.4 is 10.2 Å². The minimum absolute atomic E-state index is 0.441. The predicted molar refractivity (Wildman–Crippen MR) is 87.8 cm³/mol. The molecule has 1 aromatic heterocycles. The maximum absolute atomic E-state index is 5.75. The van der Waals surface area contributed by atoms with Gasteiger partial charge in [0.25, 0.3) is 0 Å². The largest absolute Gasteiger partial charge is 0.378 e. The van der Waals surface area contributed by atoms with Crippen LogP contribution >= 0.6 is 0 Å². The van der Waals surface area contributed by atoms with Crippen LogP contribution in [-0.4, -0.2) is 37.3 Å². The van der Waals surface area contributed by atoms with E-state index in [1.807, 2.05) is 6.20 Å². The van der Waals surface area contributed by atoms with Gasteiger partial charge in [0.05, 0.1) is 6.10 Å². The van der Waals surface area contributed by atoms with Crippen molar-refractivity contribution in [3.05, 3.63) is 23.5 Å². The lowest BCUT2D eigenvalue weighted by atomic mass is 10.1. The summed E-state index contributed by atoms with van der Waals surface area (Å²) in [5.74, 6) is 0. The third-order valence-corrected chi connectivity index (χ3v) is 4.03. The second-order valence-electron chi connectivity index (χ2n) is 5.77. The van der Waals surface area contributed by atoms with E-state index in [9.17, 15) is 0 Å². The van der Waals surface area contributed by atoms with E-state index in [-0.39, 0.29) is 0 Å². The van der Waals surface area contributed by atoms with E-state index >= 15 is 0 Å². The van der Waals surface area contributed by atoms with Crippen LogP contribution in [0.15, 0.2) is 12.3 Å². The number of nitrogens with one attached hydrogen (secondary N) is 1. The second-order valence-corrected chi connectivity index (χ2v) is 5.77. The number of piperidine rings is 1. The molecule has 1 fully saturated rings. The number of hydrogen-bond acceptors (Lipinski definition) is 4. The standard InChI is InChI=1S/C17H29N3O/c1-4-8-18-12-15-13-19-14(3)11-17(15)20-9-6-16(7-10-20)21-5-2/h11,13,16,18H,4-10,12H2,1-3H3. The first kappa shape index (κ1) is 16.2. The fraction of sp³-hybridized carbons (Fsp3) is 0.706. The van der Waals surface area contributed by atoms with Crippen LogP contribution in [0.4, 0.5) is 5.69 Å². The van der Waals surface area contributed by atoms with Crippen molar-refractivity contribution in [1.82, 2.24) is 10.3 Å². The van der Waals surface area contributed by atoms with Crippen LogP contribution in [0.25, 0.3) is 0 Å². The molecule has 4 heteroatoms. The van der Waals surface area contributed by atoms with Crippen molar-refractivity contribution < 1.29 is 4.74 Å². The summed E-state index contributed by atoms with van der Waals surface area (Å²) >= 11 is 0. The van der Waals surface area contributed by atoms with Crippen molar-refractivity contribution >= 4 is 5.69 Å². The Hall–Kier alpha value is -1.13. The molecule has 2 heterocycles. The number of nitrogens with zero attached hydrogens (tertiary/aromatic N) is 2. The molecule has 4 nitrogen and oxygen atoms in total. The van der Waals surface area contributed by atoms with E-state index in [2.05, 4.69) is 42.0 Å². The molecule has 118 valence electrons. The smallest absolute Gasteiger partial charge is 0.0608 e. The lowest BCUT2D eigenvalue weighted by molar-refractivity contribution is 0.0459. The van der Waals surface area contributed by atoms with Crippen molar-refractivity contribution in [3.8, 4) is 0 Å². The van der Waals surface area contributed by atoms with E-state index in [1.165, 1.54) is 11.3 Å². The van der Waals surface area contributed by atoms with E-state index in [1.54, 1.807) is 0 Å². The van der Waals surface area contributed by atoms with Gasteiger partial charge in [0.15, 0.2) is 0 Å². The van der Waals surface area contributed by atoms with Gasteiger partial charge in [0.1, 0.15) is 0 Å². The van der Waals surface area contributed by atoms with Crippen LogP contribution in [0.1, 0.15) is 44.4 Å². The van der Waals surface area contributed by atoms with Gasteiger partial charge in [0.2, 0.25) is 0 Å². The normalized spacial score (nSPS) is 16.4. The molecule has 1 aliphatic rings. The van der Waals surface area contributed by atoms with Gasteiger partial charge in [-0.1, -0.05) is 6.92 Å². The Morgan fingerprint density at radius 1 is 1.33 bits per heavy atom. The average molecular weight is 291 g/mol. The summed E-state index contributed by atoms with van der Waals surface area (Å²) in [6, 6.07) is 2.23. The first-order valence-electron chi connectivity index (χ1n) is 8.27. The number of rotatable bonds is 7. The third kappa shape index (κ3) is 4.68. The highest BCUT2D eigenvalue weighted by molar-refractivity contribution is 5.54. The van der Waals surface area contributed by atoms with E-state index in [0.29, 0.717) is 6.10 Å². The molecule has 0 saturated carbocycles. The Balaban J connectivity index is 2.02. The molecule has 0 unspecified atom stereocenters. The van der Waals surface area contributed by atoms with Gasteiger partial charge >= 0.3 is 0 Å². The molecule has 0 atom stereocenters. The maximum atomic E-state index is 5.75. The summed E-state index contributed by atoms with van der Waals surface area (Å²) in [7, 11) is 0. The molecule has 21 heavy (non-hydrogen) atoms. The Morgan fingerprint density at radius 2 is 2.10 bits per heavy atom. The number of pyridine rings is 1. The quantitative estimate of drug-likeness (QED) is 0.784. The fourth-order valence-electron chi connectivity index (χ4n) is 2.90. The monoisotopic (exact) mass is 291 g/mol. The molecule has 2 rings (SSSR count). The number of aryl methyl sites for hydroxylation is 1. The van der Waals surface area contributed by atoms with Crippen molar-refractivity contribution in [2.75, 3.05) is 31.1 Å². The predicted octanol–water partition coefficient (Wildman–Crippen LogP) is 2.89. The Labute approximate surface area is 128 Å². The van der Waals surface area contributed by atoms with Crippen LogP contribution in [0.3, 0.4) is 0 Å². The van der Waals surface area contributed by atoms with Crippen molar-refractivity contribution in [2.45, 2.75) is 52.7 Å². The van der Waals surface area contributed by atoms with Gasteiger partial charge in [-0.2, -0.15) is 0 Å². The second kappa shape index (κ2) is 8.35. The van der Waals surface area contributed by atoms with Crippen molar-refractivity contribution in [3.63, 3.8) is 0 Å². The zero-order valence-electron chi connectivity index (χ0n) is 13.7. The van der Waals surface area contributed by atoms with Crippen LogP contribution in [0, 0.1) is 6.92 Å². The molecule has 1 N–H and O–H groups in total. The van der Waals surface area contributed by atoms with E-state index in [4.69, 9.17) is 4.74 Å². The highest BCUT2D eigenvalue weighted by atomic mass is 16.5. The minimum atomic E-state index is 0.441. The summed E-state index contributed by atoms with van der Waals surface area (Å²) in [4.78, 5) is 6.96. The molecule has 0 spiro atoms. The van der Waals surface area contributed by atoms with Crippen LogP contribution in [0.2, 0.25) is 0 Å². The maximum Gasteiger partial charge on any atom is 0.0608 e. The molecule has 0 amide bonds. The molecule has 1 aromatic rings. The van der Waals surface area contributed by atoms with E-state index in [0.717, 1.165) is 57.7 Å². The van der Waals surface area contributed by atoms with E-state index < -0.39 is 0 Å². The first-order valence-corrected chi connectivity index (χ1v) is 8.27. The highest BCUT2D eigenvalue weighted by Crippen LogP contribution is 2.25. The molecule has 1 saturated heterocycles. The topological polar surface area (TPSA) is 37.4 Å². The summed E-state index contributed by atoms with van der Waals surface area (Å²) in [6.45, 7) is 11.3. The SMILES string of the molecule is CCCNCc1cnc(C)cc1N1CCC(OCC)CC1. The fourth-order valence-corrected chi connectivity index (χ4v) is 2.90. The van der Waals surface area contributed by atoms with Gasteiger partial charge in [0, 0.05) is 49.4 Å².